The summed E-state index contributed by atoms with van der Waals surface area (Å²) in [5.41, 5.74) is 6.48. The van der Waals surface area contributed by atoms with E-state index in [9.17, 15) is 4.79 Å². The van der Waals surface area contributed by atoms with Crippen molar-refractivity contribution in [3.05, 3.63) is 42.2 Å². The largest absolute Gasteiger partial charge is 0.398 e. The highest BCUT2D eigenvalue weighted by atomic mass is 16.1. The molecule has 0 aromatic carbocycles. The number of rotatable bonds is 2. The molecule has 0 saturated carbocycles. The third-order valence-electron chi connectivity index (χ3n) is 2.12. The second-order valence-electron chi connectivity index (χ2n) is 3.15. The highest BCUT2D eigenvalue weighted by Crippen LogP contribution is 2.13. The first kappa shape index (κ1) is 9.39. The van der Waals surface area contributed by atoms with Gasteiger partial charge in [0.25, 0.3) is 0 Å². The summed E-state index contributed by atoms with van der Waals surface area (Å²) in [5, 5.41) is 0. The summed E-state index contributed by atoms with van der Waals surface area (Å²) in [4.78, 5) is 19.8. The average molecular weight is 202 g/mol. The third kappa shape index (κ3) is 1.59. The number of carbonyl (C=O) groups excluding carboxylic acids is 1. The van der Waals surface area contributed by atoms with Gasteiger partial charge in [0, 0.05) is 37.5 Å². The number of nitrogens with zero attached hydrogens (tertiary/aromatic N) is 3. The fourth-order valence-corrected chi connectivity index (χ4v) is 1.30. The minimum absolute atomic E-state index is 0.215. The highest BCUT2D eigenvalue weighted by Gasteiger charge is 2.15. The Hall–Kier alpha value is -2.17. The van der Waals surface area contributed by atoms with Crippen molar-refractivity contribution in [3.8, 4) is 0 Å². The smallest absolute Gasteiger partial charge is 0.232 e. The van der Waals surface area contributed by atoms with E-state index >= 15 is 0 Å². The van der Waals surface area contributed by atoms with Gasteiger partial charge in [-0.05, 0) is 6.07 Å². The topological polar surface area (TPSA) is 73.8 Å². The van der Waals surface area contributed by atoms with Crippen molar-refractivity contribution < 1.29 is 4.79 Å². The van der Waals surface area contributed by atoms with Crippen LogP contribution in [-0.2, 0) is 7.05 Å². The van der Waals surface area contributed by atoms with Crippen LogP contribution in [0.2, 0.25) is 0 Å². The number of ketones is 1. The maximum absolute atomic E-state index is 11.9. The van der Waals surface area contributed by atoms with Gasteiger partial charge in [0.15, 0.2) is 5.82 Å². The van der Waals surface area contributed by atoms with Gasteiger partial charge in [0.05, 0.1) is 5.56 Å². The van der Waals surface area contributed by atoms with Crippen LogP contribution < -0.4 is 5.73 Å². The van der Waals surface area contributed by atoms with Crippen molar-refractivity contribution in [2.75, 3.05) is 5.73 Å². The number of nitrogens with two attached hydrogens (primary N) is 1. The second kappa shape index (κ2) is 3.53. The summed E-state index contributed by atoms with van der Waals surface area (Å²) >= 11 is 0. The summed E-state index contributed by atoms with van der Waals surface area (Å²) in [7, 11) is 1.76. The summed E-state index contributed by atoms with van der Waals surface area (Å²) in [5.74, 6) is 0.141. The number of imidazole rings is 1. The van der Waals surface area contributed by atoms with Crippen molar-refractivity contribution in [1.29, 1.82) is 0 Å². The van der Waals surface area contributed by atoms with E-state index in [4.69, 9.17) is 5.73 Å². The maximum Gasteiger partial charge on any atom is 0.232 e. The van der Waals surface area contributed by atoms with Gasteiger partial charge in [-0.2, -0.15) is 0 Å². The summed E-state index contributed by atoms with van der Waals surface area (Å²) in [6.07, 6.45) is 6.27. The van der Waals surface area contributed by atoms with Crippen LogP contribution in [0.25, 0.3) is 0 Å². The second-order valence-corrected chi connectivity index (χ2v) is 3.15. The monoisotopic (exact) mass is 202 g/mol. The number of aryl methyl sites for hydroxylation is 1. The molecular formula is C10H10N4O. The lowest BCUT2D eigenvalue weighted by Gasteiger charge is -2.03. The Balaban J connectivity index is 2.46. The minimum Gasteiger partial charge on any atom is -0.398 e. The van der Waals surface area contributed by atoms with Crippen molar-refractivity contribution in [1.82, 2.24) is 14.5 Å². The van der Waals surface area contributed by atoms with E-state index < -0.39 is 0 Å². The van der Waals surface area contributed by atoms with Gasteiger partial charge in [-0.25, -0.2) is 4.98 Å². The molecule has 2 rings (SSSR count). The van der Waals surface area contributed by atoms with Crippen LogP contribution in [0.15, 0.2) is 30.9 Å². The van der Waals surface area contributed by atoms with Gasteiger partial charge < -0.3 is 10.3 Å². The molecule has 0 saturated heterocycles. The lowest BCUT2D eigenvalue weighted by Crippen LogP contribution is -2.11. The quantitative estimate of drug-likeness (QED) is 0.725. The number of nitrogen functional groups attached to an aromatic ring is 1. The first-order valence-electron chi connectivity index (χ1n) is 4.41. The van der Waals surface area contributed by atoms with Crippen LogP contribution >= 0.6 is 0 Å². The zero-order valence-corrected chi connectivity index (χ0v) is 8.21. The standard InChI is InChI=1S/C10H10N4O/c1-14-5-4-13-10(14)9(15)7-6-12-3-2-8(7)11/h2-6H,1H3,(H2,11,12). The number of hydrogen-bond donors (Lipinski definition) is 1. The van der Waals surface area contributed by atoms with E-state index in [0.717, 1.165) is 0 Å². The molecule has 0 spiro atoms. The van der Waals surface area contributed by atoms with E-state index in [0.29, 0.717) is 17.1 Å². The molecule has 2 aromatic rings. The van der Waals surface area contributed by atoms with Gasteiger partial charge in [-0.15, -0.1) is 0 Å². The Morgan fingerprint density at radius 2 is 2.27 bits per heavy atom. The highest BCUT2D eigenvalue weighted by molar-refractivity contribution is 6.09. The van der Waals surface area contributed by atoms with E-state index in [-0.39, 0.29) is 5.78 Å². The fourth-order valence-electron chi connectivity index (χ4n) is 1.30. The average Bonchev–Trinajstić information content (AvgIpc) is 2.64. The van der Waals surface area contributed by atoms with Gasteiger partial charge in [0.1, 0.15) is 0 Å². The van der Waals surface area contributed by atoms with E-state index in [1.54, 1.807) is 36.3 Å². The summed E-state index contributed by atoms with van der Waals surface area (Å²) < 4.78 is 1.65. The van der Waals surface area contributed by atoms with E-state index in [2.05, 4.69) is 9.97 Å². The third-order valence-corrected chi connectivity index (χ3v) is 2.12. The molecule has 0 amide bonds. The molecule has 0 aliphatic heterocycles. The van der Waals surface area contributed by atoms with Gasteiger partial charge in [0.2, 0.25) is 5.78 Å². The van der Waals surface area contributed by atoms with Crippen molar-refractivity contribution in [3.63, 3.8) is 0 Å². The fraction of sp³-hybridized carbons (Fsp3) is 0.100. The predicted octanol–water partition coefficient (Wildman–Crippen LogP) is 0.628. The van der Waals surface area contributed by atoms with Crippen LogP contribution in [0.4, 0.5) is 5.69 Å². The Morgan fingerprint density at radius 3 is 2.87 bits per heavy atom. The molecule has 2 N–H and O–H groups in total. The van der Waals surface area contributed by atoms with Crippen LogP contribution in [0.3, 0.4) is 0 Å². The SMILES string of the molecule is Cn1ccnc1C(=O)c1cnccc1N. The number of hydrogen-bond acceptors (Lipinski definition) is 4. The molecule has 5 nitrogen and oxygen atoms in total. The minimum atomic E-state index is -0.215. The van der Waals surface area contributed by atoms with Gasteiger partial charge in [-0.1, -0.05) is 0 Å². The number of anilines is 1. The Morgan fingerprint density at radius 1 is 1.47 bits per heavy atom. The molecule has 2 heterocycles. The molecule has 0 unspecified atom stereocenters. The molecule has 0 aliphatic rings. The summed E-state index contributed by atoms with van der Waals surface area (Å²) in [6, 6.07) is 1.59. The first-order valence-corrected chi connectivity index (χ1v) is 4.41. The van der Waals surface area contributed by atoms with Crippen molar-refractivity contribution in [2.24, 2.45) is 7.05 Å². The van der Waals surface area contributed by atoms with Crippen molar-refractivity contribution >= 4 is 11.5 Å². The van der Waals surface area contributed by atoms with E-state index in [1.165, 1.54) is 6.20 Å². The Labute approximate surface area is 86.6 Å². The molecule has 0 fully saturated rings. The Kier molecular flexibility index (Phi) is 2.21. The molecular weight excluding hydrogens is 192 g/mol. The zero-order valence-electron chi connectivity index (χ0n) is 8.21. The lowest BCUT2D eigenvalue weighted by molar-refractivity contribution is 0.102. The Bertz CT molecular complexity index is 504. The lowest BCUT2D eigenvalue weighted by atomic mass is 10.1. The van der Waals surface area contributed by atoms with Gasteiger partial charge >= 0.3 is 0 Å². The van der Waals surface area contributed by atoms with Gasteiger partial charge in [-0.3, -0.25) is 9.78 Å². The molecule has 5 heteroatoms. The molecule has 0 aliphatic carbocycles. The van der Waals surface area contributed by atoms with E-state index in [1.807, 2.05) is 0 Å². The van der Waals surface area contributed by atoms with Crippen LogP contribution in [0.1, 0.15) is 16.2 Å². The molecule has 0 bridgehead atoms. The predicted molar refractivity (Wildman–Crippen MR) is 55.3 cm³/mol. The van der Waals surface area contributed by atoms with Crippen molar-refractivity contribution in [2.45, 2.75) is 0 Å². The van der Waals surface area contributed by atoms with Crippen LogP contribution in [-0.4, -0.2) is 20.3 Å². The molecule has 2 aromatic heterocycles. The normalized spacial score (nSPS) is 10.2. The summed E-state index contributed by atoms with van der Waals surface area (Å²) in [6.45, 7) is 0. The van der Waals surface area contributed by atoms with Crippen LogP contribution in [0.5, 0.6) is 0 Å². The maximum atomic E-state index is 11.9. The molecule has 76 valence electrons. The molecule has 0 atom stereocenters. The number of carbonyl (C=O) groups is 1. The number of pyridine rings is 1. The zero-order chi connectivity index (χ0) is 10.8. The molecule has 0 radical (unpaired) electrons. The van der Waals surface area contributed by atoms with Crippen LogP contribution in [0, 0.1) is 0 Å². The number of aromatic nitrogens is 3. The first-order chi connectivity index (χ1) is 7.20. The molecule has 15 heavy (non-hydrogen) atoms.